The third kappa shape index (κ3) is 4.84. The largest absolute Gasteiger partial charge is 0.379 e. The van der Waals surface area contributed by atoms with Crippen LogP contribution in [0, 0.1) is 6.92 Å². The zero-order chi connectivity index (χ0) is 12.5. The van der Waals surface area contributed by atoms with Gasteiger partial charge in [0.25, 0.3) is 0 Å². The fourth-order valence-corrected chi connectivity index (χ4v) is 1.79. The fraction of sp³-hybridized carbons (Fsp3) is 0.643. The molecular formula is C14H24N2O. The molecule has 17 heavy (non-hydrogen) atoms. The highest BCUT2D eigenvalue weighted by atomic mass is 16.5. The highest BCUT2D eigenvalue weighted by Crippen LogP contribution is 2.16. The van der Waals surface area contributed by atoms with E-state index in [0.717, 1.165) is 38.3 Å². The van der Waals surface area contributed by atoms with E-state index < -0.39 is 0 Å². The maximum Gasteiger partial charge on any atom is 0.0662 e. The average Bonchev–Trinajstić information content (AvgIpc) is 2.35. The molecule has 1 heterocycles. The van der Waals surface area contributed by atoms with Crippen molar-refractivity contribution < 1.29 is 4.74 Å². The van der Waals surface area contributed by atoms with Crippen LogP contribution in [0.2, 0.25) is 0 Å². The summed E-state index contributed by atoms with van der Waals surface area (Å²) >= 11 is 0. The van der Waals surface area contributed by atoms with E-state index >= 15 is 0 Å². The molecule has 0 radical (unpaired) electrons. The number of hydrogen-bond donors (Lipinski definition) is 1. The van der Waals surface area contributed by atoms with Crippen molar-refractivity contribution in [2.24, 2.45) is 0 Å². The summed E-state index contributed by atoms with van der Waals surface area (Å²) in [5.41, 5.74) is 2.33. The summed E-state index contributed by atoms with van der Waals surface area (Å²) in [6.45, 7) is 8.91. The molecule has 0 aliphatic rings. The van der Waals surface area contributed by atoms with Crippen molar-refractivity contribution >= 4 is 0 Å². The summed E-state index contributed by atoms with van der Waals surface area (Å²) in [5, 5.41) is 3.52. The number of hydrogen-bond acceptors (Lipinski definition) is 3. The number of rotatable bonds is 8. The Labute approximate surface area is 105 Å². The van der Waals surface area contributed by atoms with E-state index in [1.807, 2.05) is 12.3 Å². The molecule has 0 amide bonds. The van der Waals surface area contributed by atoms with Crippen LogP contribution in [-0.4, -0.2) is 24.7 Å². The molecule has 1 rings (SSSR count). The number of aromatic nitrogens is 1. The molecule has 3 heteroatoms. The molecule has 0 aliphatic heterocycles. The van der Waals surface area contributed by atoms with Crippen molar-refractivity contribution in [3.8, 4) is 0 Å². The minimum absolute atomic E-state index is 0.259. The first-order valence-corrected chi connectivity index (χ1v) is 6.52. The Kier molecular flexibility index (Phi) is 6.82. The maximum atomic E-state index is 5.66. The van der Waals surface area contributed by atoms with Gasteiger partial charge in [-0.05, 0) is 37.9 Å². The van der Waals surface area contributed by atoms with Gasteiger partial charge in [-0.3, -0.25) is 4.98 Å². The Morgan fingerprint density at radius 2 is 2.18 bits per heavy atom. The second-order valence-corrected chi connectivity index (χ2v) is 4.26. The highest BCUT2D eigenvalue weighted by Gasteiger charge is 2.13. The summed E-state index contributed by atoms with van der Waals surface area (Å²) < 4.78 is 5.66. The number of pyridine rings is 1. The van der Waals surface area contributed by atoms with Gasteiger partial charge in [0.15, 0.2) is 0 Å². The minimum atomic E-state index is 0.259. The van der Waals surface area contributed by atoms with E-state index in [2.05, 4.69) is 37.1 Å². The van der Waals surface area contributed by atoms with Gasteiger partial charge in [-0.1, -0.05) is 19.9 Å². The predicted molar refractivity (Wildman–Crippen MR) is 71.1 cm³/mol. The van der Waals surface area contributed by atoms with Crippen LogP contribution < -0.4 is 5.32 Å². The zero-order valence-corrected chi connectivity index (χ0v) is 11.2. The molecular weight excluding hydrogens is 212 g/mol. The molecule has 1 aromatic rings. The van der Waals surface area contributed by atoms with Gasteiger partial charge in [-0.2, -0.15) is 0 Å². The first-order valence-electron chi connectivity index (χ1n) is 6.52. The Bertz CT molecular complexity index is 315. The van der Waals surface area contributed by atoms with Crippen LogP contribution in [-0.2, 0) is 4.74 Å². The van der Waals surface area contributed by atoms with Crippen LogP contribution in [0.3, 0.4) is 0 Å². The number of nitrogens with one attached hydrogen (secondary N) is 1. The Morgan fingerprint density at radius 1 is 1.35 bits per heavy atom. The van der Waals surface area contributed by atoms with Crippen LogP contribution in [0.5, 0.6) is 0 Å². The smallest absolute Gasteiger partial charge is 0.0662 e. The number of ether oxygens (including phenoxy) is 1. The molecule has 0 saturated carbocycles. The summed E-state index contributed by atoms with van der Waals surface area (Å²) in [7, 11) is 0. The number of aryl methyl sites for hydroxylation is 1. The van der Waals surface area contributed by atoms with E-state index in [1.165, 1.54) is 5.56 Å². The van der Waals surface area contributed by atoms with Crippen molar-refractivity contribution in [1.29, 1.82) is 0 Å². The normalized spacial score (nSPS) is 12.6. The fourth-order valence-electron chi connectivity index (χ4n) is 1.79. The van der Waals surface area contributed by atoms with Gasteiger partial charge in [0, 0.05) is 18.5 Å². The van der Waals surface area contributed by atoms with Crippen LogP contribution in [0.25, 0.3) is 0 Å². The molecule has 0 spiro atoms. The van der Waals surface area contributed by atoms with Crippen molar-refractivity contribution in [1.82, 2.24) is 10.3 Å². The highest BCUT2D eigenvalue weighted by molar-refractivity contribution is 5.22. The summed E-state index contributed by atoms with van der Waals surface area (Å²) in [4.78, 5) is 4.34. The molecule has 96 valence electrons. The lowest BCUT2D eigenvalue weighted by atomic mass is 10.1. The van der Waals surface area contributed by atoms with Gasteiger partial charge in [0.2, 0.25) is 0 Å². The third-order valence-corrected chi connectivity index (χ3v) is 2.70. The van der Waals surface area contributed by atoms with Crippen molar-refractivity contribution in [2.75, 3.05) is 19.8 Å². The standard InChI is InChI=1S/C14H24N2O/c1-4-8-16-14(11-17-10-5-2)13-7-6-9-15-12(13)3/h6-7,9,14,16H,4-5,8,10-11H2,1-3H3. The predicted octanol–water partition coefficient (Wildman–Crippen LogP) is 2.86. The van der Waals surface area contributed by atoms with E-state index in [1.54, 1.807) is 0 Å². The van der Waals surface area contributed by atoms with E-state index in [4.69, 9.17) is 4.74 Å². The lowest BCUT2D eigenvalue weighted by Crippen LogP contribution is -2.27. The Morgan fingerprint density at radius 3 is 2.82 bits per heavy atom. The van der Waals surface area contributed by atoms with Gasteiger partial charge in [0.05, 0.1) is 12.6 Å². The van der Waals surface area contributed by atoms with Crippen LogP contribution in [0.4, 0.5) is 0 Å². The first kappa shape index (κ1) is 14.1. The van der Waals surface area contributed by atoms with Crippen molar-refractivity contribution in [2.45, 2.75) is 39.7 Å². The molecule has 0 aliphatic carbocycles. The molecule has 1 N–H and O–H groups in total. The van der Waals surface area contributed by atoms with Crippen molar-refractivity contribution in [3.63, 3.8) is 0 Å². The van der Waals surface area contributed by atoms with Gasteiger partial charge in [-0.15, -0.1) is 0 Å². The second kappa shape index (κ2) is 8.20. The number of nitrogens with zero attached hydrogens (tertiary/aromatic N) is 1. The summed E-state index contributed by atoms with van der Waals surface area (Å²) in [6.07, 6.45) is 4.03. The summed E-state index contributed by atoms with van der Waals surface area (Å²) in [6, 6.07) is 4.38. The molecule has 1 unspecified atom stereocenters. The monoisotopic (exact) mass is 236 g/mol. The lowest BCUT2D eigenvalue weighted by Gasteiger charge is -2.20. The van der Waals surface area contributed by atoms with Gasteiger partial charge < -0.3 is 10.1 Å². The SMILES string of the molecule is CCCNC(COCCC)c1cccnc1C. The van der Waals surface area contributed by atoms with E-state index in [0.29, 0.717) is 0 Å². The maximum absolute atomic E-state index is 5.66. The van der Waals surface area contributed by atoms with E-state index in [9.17, 15) is 0 Å². The Hall–Kier alpha value is -0.930. The van der Waals surface area contributed by atoms with Crippen molar-refractivity contribution in [3.05, 3.63) is 29.6 Å². The quantitative estimate of drug-likeness (QED) is 0.705. The second-order valence-electron chi connectivity index (χ2n) is 4.26. The molecule has 0 saturated heterocycles. The third-order valence-electron chi connectivity index (χ3n) is 2.70. The van der Waals surface area contributed by atoms with E-state index in [-0.39, 0.29) is 6.04 Å². The van der Waals surface area contributed by atoms with Gasteiger partial charge in [0.1, 0.15) is 0 Å². The van der Waals surface area contributed by atoms with Crippen LogP contribution in [0.15, 0.2) is 18.3 Å². The molecule has 0 bridgehead atoms. The van der Waals surface area contributed by atoms with Crippen LogP contribution >= 0.6 is 0 Å². The topological polar surface area (TPSA) is 34.1 Å². The Balaban J connectivity index is 2.64. The van der Waals surface area contributed by atoms with Gasteiger partial charge in [-0.25, -0.2) is 0 Å². The molecule has 1 aromatic heterocycles. The molecule has 0 fully saturated rings. The molecule has 1 atom stereocenters. The minimum Gasteiger partial charge on any atom is -0.379 e. The van der Waals surface area contributed by atoms with Gasteiger partial charge >= 0.3 is 0 Å². The molecule has 3 nitrogen and oxygen atoms in total. The first-order chi connectivity index (χ1) is 8.29. The zero-order valence-electron chi connectivity index (χ0n) is 11.2. The molecule has 0 aromatic carbocycles. The van der Waals surface area contributed by atoms with Crippen LogP contribution in [0.1, 0.15) is 44.0 Å². The average molecular weight is 236 g/mol. The summed E-state index contributed by atoms with van der Waals surface area (Å²) in [5.74, 6) is 0. The lowest BCUT2D eigenvalue weighted by molar-refractivity contribution is 0.111.